The molecule has 0 aliphatic heterocycles. The largest absolute Gasteiger partial charge is 0.484 e. The predicted molar refractivity (Wildman–Crippen MR) is 129 cm³/mol. The first kappa shape index (κ1) is 21.6. The first-order valence-electron chi connectivity index (χ1n) is 10.6. The third kappa shape index (κ3) is 4.24. The van der Waals surface area contributed by atoms with Crippen molar-refractivity contribution in [2.45, 2.75) is 40.0 Å². The van der Waals surface area contributed by atoms with E-state index in [4.69, 9.17) is 9.15 Å². The molecule has 4 rings (SSSR count). The highest BCUT2D eigenvalue weighted by molar-refractivity contribution is 5.96. The summed E-state index contributed by atoms with van der Waals surface area (Å²) in [5, 5.41) is 3.85. The minimum absolute atomic E-state index is 0.0591. The van der Waals surface area contributed by atoms with Gasteiger partial charge in [0.1, 0.15) is 16.9 Å². The van der Waals surface area contributed by atoms with Gasteiger partial charge in [0, 0.05) is 11.8 Å². The van der Waals surface area contributed by atoms with E-state index in [0.29, 0.717) is 33.4 Å². The average Bonchev–Trinajstić information content (AvgIpc) is 2.75. The molecule has 3 aromatic carbocycles. The summed E-state index contributed by atoms with van der Waals surface area (Å²) in [5.41, 5.74) is 4.72. The number of rotatable bonds is 4. The van der Waals surface area contributed by atoms with Crippen molar-refractivity contribution in [3.05, 3.63) is 81.5 Å². The molecule has 0 saturated carbocycles. The number of hydrogen-bond donors (Lipinski definition) is 1. The maximum absolute atomic E-state index is 12.9. The van der Waals surface area contributed by atoms with E-state index >= 15 is 0 Å². The van der Waals surface area contributed by atoms with Crippen molar-refractivity contribution in [3.63, 3.8) is 0 Å². The molecule has 4 aromatic rings. The molecule has 0 aliphatic carbocycles. The number of benzene rings is 3. The van der Waals surface area contributed by atoms with Crippen molar-refractivity contribution in [3.8, 4) is 5.75 Å². The molecule has 0 bridgehead atoms. The minimum atomic E-state index is -0.292. The van der Waals surface area contributed by atoms with Crippen LogP contribution in [-0.4, -0.2) is 12.5 Å². The van der Waals surface area contributed by atoms with Gasteiger partial charge in [-0.15, -0.1) is 0 Å². The molecule has 0 aliphatic rings. The van der Waals surface area contributed by atoms with Crippen LogP contribution in [0.4, 0.5) is 5.69 Å². The van der Waals surface area contributed by atoms with Crippen LogP contribution in [0.3, 0.4) is 0 Å². The van der Waals surface area contributed by atoms with Crippen molar-refractivity contribution >= 4 is 33.5 Å². The number of hydrogen-bond acceptors (Lipinski definition) is 4. The van der Waals surface area contributed by atoms with Gasteiger partial charge in [0.15, 0.2) is 6.61 Å². The summed E-state index contributed by atoms with van der Waals surface area (Å²) in [6.45, 7) is 10.2. The van der Waals surface area contributed by atoms with Crippen molar-refractivity contribution in [2.75, 3.05) is 11.9 Å². The number of nitrogens with one attached hydrogen (secondary N) is 1. The average molecular weight is 430 g/mol. The van der Waals surface area contributed by atoms with Gasteiger partial charge in [0.25, 0.3) is 5.91 Å². The van der Waals surface area contributed by atoms with E-state index in [1.54, 1.807) is 24.3 Å². The van der Waals surface area contributed by atoms with Gasteiger partial charge in [-0.2, -0.15) is 0 Å². The lowest BCUT2D eigenvalue weighted by atomic mass is 9.87. The van der Waals surface area contributed by atoms with Gasteiger partial charge in [0.2, 0.25) is 5.43 Å². The fourth-order valence-corrected chi connectivity index (χ4v) is 3.62. The first-order valence-corrected chi connectivity index (χ1v) is 10.6. The summed E-state index contributed by atoms with van der Waals surface area (Å²) >= 11 is 0. The summed E-state index contributed by atoms with van der Waals surface area (Å²) in [4.78, 5) is 25.3. The van der Waals surface area contributed by atoms with E-state index in [1.165, 1.54) is 5.56 Å². The Morgan fingerprint density at radius 3 is 2.34 bits per heavy atom. The Morgan fingerprint density at radius 2 is 1.66 bits per heavy atom. The molecule has 1 N–H and O–H groups in total. The SMILES string of the molecule is Cc1ccc2c(=O)c3ccc(NC(=O)COc4ccc(C(C)(C)C)cc4)cc3oc2c1C. The zero-order chi connectivity index (χ0) is 23.0. The molecular weight excluding hydrogens is 402 g/mol. The quantitative estimate of drug-likeness (QED) is 0.412. The number of carbonyl (C=O) groups is 1. The third-order valence-electron chi connectivity index (χ3n) is 5.73. The van der Waals surface area contributed by atoms with Crippen LogP contribution in [0.1, 0.15) is 37.5 Å². The molecule has 1 amide bonds. The van der Waals surface area contributed by atoms with Crippen LogP contribution in [0.15, 0.2) is 63.8 Å². The lowest BCUT2D eigenvalue weighted by Gasteiger charge is -2.19. The number of aryl methyl sites for hydroxylation is 2. The normalized spacial score (nSPS) is 11.7. The smallest absolute Gasteiger partial charge is 0.262 e. The van der Waals surface area contributed by atoms with Crippen LogP contribution in [0.5, 0.6) is 5.75 Å². The Hall–Kier alpha value is -3.60. The Labute approximate surface area is 187 Å². The lowest BCUT2D eigenvalue weighted by molar-refractivity contribution is -0.118. The van der Waals surface area contributed by atoms with E-state index in [2.05, 4.69) is 26.1 Å². The minimum Gasteiger partial charge on any atom is -0.484 e. The fraction of sp³-hybridized carbons (Fsp3) is 0.259. The second-order valence-electron chi connectivity index (χ2n) is 9.14. The molecule has 0 saturated heterocycles. The third-order valence-corrected chi connectivity index (χ3v) is 5.73. The molecule has 0 fully saturated rings. The Balaban J connectivity index is 1.51. The van der Waals surface area contributed by atoms with Crippen molar-refractivity contribution < 1.29 is 13.9 Å². The molecule has 1 heterocycles. The number of amides is 1. The van der Waals surface area contributed by atoms with Crippen LogP contribution < -0.4 is 15.5 Å². The van der Waals surface area contributed by atoms with Crippen LogP contribution in [0.2, 0.25) is 0 Å². The van der Waals surface area contributed by atoms with E-state index in [-0.39, 0.29) is 23.4 Å². The van der Waals surface area contributed by atoms with Gasteiger partial charge in [-0.05, 0) is 66.3 Å². The molecule has 0 atom stereocenters. The molecule has 5 nitrogen and oxygen atoms in total. The van der Waals surface area contributed by atoms with Crippen molar-refractivity contribution in [1.82, 2.24) is 0 Å². The van der Waals surface area contributed by atoms with Gasteiger partial charge < -0.3 is 14.5 Å². The Bertz CT molecular complexity index is 1380. The fourth-order valence-electron chi connectivity index (χ4n) is 3.62. The zero-order valence-electron chi connectivity index (χ0n) is 19.0. The van der Waals surface area contributed by atoms with Crippen LogP contribution in [0.25, 0.3) is 21.9 Å². The molecule has 1 aromatic heterocycles. The summed E-state index contributed by atoms with van der Waals surface area (Å²) in [6.07, 6.45) is 0. The van der Waals surface area contributed by atoms with Crippen LogP contribution >= 0.6 is 0 Å². The van der Waals surface area contributed by atoms with Crippen LogP contribution in [0, 0.1) is 13.8 Å². The predicted octanol–water partition coefficient (Wildman–Crippen LogP) is 5.88. The van der Waals surface area contributed by atoms with Gasteiger partial charge in [-0.25, -0.2) is 0 Å². The maximum atomic E-state index is 12.9. The maximum Gasteiger partial charge on any atom is 0.262 e. The lowest BCUT2D eigenvalue weighted by Crippen LogP contribution is -2.20. The van der Waals surface area contributed by atoms with E-state index < -0.39 is 0 Å². The summed E-state index contributed by atoms with van der Waals surface area (Å²) in [6, 6.07) is 16.5. The monoisotopic (exact) mass is 429 g/mol. The number of fused-ring (bicyclic) bond motifs is 2. The molecule has 32 heavy (non-hydrogen) atoms. The Morgan fingerprint density at radius 1 is 0.969 bits per heavy atom. The number of anilines is 1. The highest BCUT2D eigenvalue weighted by Gasteiger charge is 2.14. The summed E-state index contributed by atoms with van der Waals surface area (Å²) < 4.78 is 11.7. The van der Waals surface area contributed by atoms with Crippen molar-refractivity contribution in [1.29, 1.82) is 0 Å². The first-order chi connectivity index (χ1) is 15.1. The van der Waals surface area contributed by atoms with Gasteiger partial charge in [-0.1, -0.05) is 39.0 Å². The molecule has 0 unspecified atom stereocenters. The van der Waals surface area contributed by atoms with Crippen molar-refractivity contribution in [2.24, 2.45) is 0 Å². The van der Waals surface area contributed by atoms with E-state index in [1.807, 2.05) is 44.2 Å². The molecular formula is C27H27NO4. The highest BCUT2D eigenvalue weighted by atomic mass is 16.5. The summed E-state index contributed by atoms with van der Waals surface area (Å²) in [7, 11) is 0. The molecule has 0 spiro atoms. The highest BCUT2D eigenvalue weighted by Crippen LogP contribution is 2.26. The van der Waals surface area contributed by atoms with Gasteiger partial charge in [-0.3, -0.25) is 9.59 Å². The second-order valence-corrected chi connectivity index (χ2v) is 9.14. The van der Waals surface area contributed by atoms with Gasteiger partial charge >= 0.3 is 0 Å². The van der Waals surface area contributed by atoms with Crippen LogP contribution in [-0.2, 0) is 10.2 Å². The second kappa shape index (κ2) is 8.15. The standard InChI is InChI=1S/C27H27NO4/c1-16-6-12-22-25(30)21-13-9-19(14-23(21)32-26(22)17(16)2)28-24(29)15-31-20-10-7-18(8-11-20)27(3,4)5/h6-14H,15H2,1-5H3,(H,28,29). The number of ether oxygens (including phenoxy) is 1. The molecule has 0 radical (unpaired) electrons. The topological polar surface area (TPSA) is 68.5 Å². The molecule has 5 heteroatoms. The summed E-state index contributed by atoms with van der Waals surface area (Å²) in [5.74, 6) is 0.342. The van der Waals surface area contributed by atoms with E-state index in [9.17, 15) is 9.59 Å². The van der Waals surface area contributed by atoms with Gasteiger partial charge in [0.05, 0.1) is 10.8 Å². The molecule has 164 valence electrons. The van der Waals surface area contributed by atoms with E-state index in [0.717, 1.165) is 11.1 Å². The zero-order valence-corrected chi connectivity index (χ0v) is 19.0. The number of carbonyl (C=O) groups excluding carboxylic acids is 1. The Kier molecular flexibility index (Phi) is 5.51.